The molecule has 6 heteroatoms. The summed E-state index contributed by atoms with van der Waals surface area (Å²) in [5, 5.41) is 20.2. The van der Waals surface area contributed by atoms with E-state index in [9.17, 15) is 18.6 Å². The van der Waals surface area contributed by atoms with Gasteiger partial charge in [-0.1, -0.05) is 24.3 Å². The molecule has 86 valence electrons. The van der Waals surface area contributed by atoms with Crippen LogP contribution in [0.15, 0.2) is 24.3 Å². The molecule has 0 aromatic heterocycles. The normalized spacial score (nSPS) is 24.8. The van der Waals surface area contributed by atoms with E-state index in [4.69, 9.17) is 4.55 Å². The van der Waals surface area contributed by atoms with Gasteiger partial charge in [-0.3, -0.25) is 4.55 Å². The van der Waals surface area contributed by atoms with E-state index in [1.165, 1.54) is 0 Å². The zero-order valence-electron chi connectivity index (χ0n) is 8.16. The predicted molar refractivity (Wildman–Crippen MR) is 57.3 cm³/mol. The summed E-state index contributed by atoms with van der Waals surface area (Å²) >= 11 is 0. The van der Waals surface area contributed by atoms with E-state index in [0.29, 0.717) is 10.4 Å². The number of fused-ring (bicyclic) bond motifs is 1. The Morgan fingerprint density at radius 3 is 2.50 bits per heavy atom. The van der Waals surface area contributed by atoms with E-state index in [2.05, 4.69) is 0 Å². The summed E-state index contributed by atoms with van der Waals surface area (Å²) in [7, 11) is -4.68. The molecule has 0 radical (unpaired) electrons. The van der Waals surface area contributed by atoms with E-state index >= 15 is 0 Å². The van der Waals surface area contributed by atoms with Crippen LogP contribution in [0.5, 0.6) is 0 Å². The summed E-state index contributed by atoms with van der Waals surface area (Å²) in [4.78, 5) is -2.45. The maximum Gasteiger partial charge on any atom is 0.299 e. The lowest BCUT2D eigenvalue weighted by atomic mass is 10.0. The summed E-state index contributed by atoms with van der Waals surface area (Å²) in [5.41, 5.74) is 0. The minimum Gasteiger partial charge on any atom is -0.512 e. The van der Waals surface area contributed by atoms with Crippen molar-refractivity contribution in [1.29, 1.82) is 0 Å². The molecule has 0 bridgehead atoms. The molecule has 16 heavy (non-hydrogen) atoms. The average molecular weight is 242 g/mol. The molecular weight excluding hydrogens is 232 g/mol. The van der Waals surface area contributed by atoms with Gasteiger partial charge >= 0.3 is 0 Å². The van der Waals surface area contributed by atoms with E-state index in [1.54, 1.807) is 24.3 Å². The van der Waals surface area contributed by atoms with E-state index in [-0.39, 0.29) is 5.76 Å². The molecule has 5 nitrogen and oxygen atoms in total. The van der Waals surface area contributed by atoms with Gasteiger partial charge in [-0.15, -0.1) is 0 Å². The zero-order valence-corrected chi connectivity index (χ0v) is 8.98. The van der Waals surface area contributed by atoms with Gasteiger partial charge in [0.25, 0.3) is 10.1 Å². The first-order valence-electron chi connectivity index (χ1n) is 4.53. The Kier molecular flexibility index (Phi) is 2.30. The fourth-order valence-electron chi connectivity index (χ4n) is 1.68. The van der Waals surface area contributed by atoms with Crippen LogP contribution in [-0.2, 0) is 10.1 Å². The van der Waals surface area contributed by atoms with Crippen LogP contribution >= 0.6 is 0 Å². The lowest BCUT2D eigenvalue weighted by Crippen LogP contribution is -2.45. The molecule has 1 atom stereocenters. The maximum absolute atomic E-state index is 11.0. The van der Waals surface area contributed by atoms with E-state index < -0.39 is 21.5 Å². The minimum atomic E-state index is -4.68. The molecule has 0 fully saturated rings. The van der Waals surface area contributed by atoms with Crippen LogP contribution in [0.1, 0.15) is 6.42 Å². The van der Waals surface area contributed by atoms with E-state index in [0.717, 1.165) is 6.08 Å². The molecule has 0 saturated heterocycles. The molecule has 3 N–H and O–H groups in total. The molecule has 0 heterocycles. The van der Waals surface area contributed by atoms with Gasteiger partial charge in [-0.2, -0.15) is 8.42 Å². The van der Waals surface area contributed by atoms with Gasteiger partial charge in [0.15, 0.2) is 0 Å². The van der Waals surface area contributed by atoms with Crippen molar-refractivity contribution in [3.05, 3.63) is 34.7 Å². The van der Waals surface area contributed by atoms with Crippen LogP contribution in [0.4, 0.5) is 0 Å². The van der Waals surface area contributed by atoms with Gasteiger partial charge in [0, 0.05) is 5.22 Å². The number of hydrogen-bond donors (Lipinski definition) is 3. The molecule has 0 spiro atoms. The van der Waals surface area contributed by atoms with Crippen molar-refractivity contribution >= 4 is 22.0 Å². The molecule has 0 amide bonds. The fourth-order valence-corrected chi connectivity index (χ4v) is 2.28. The zero-order chi connectivity index (χ0) is 12.0. The minimum absolute atomic E-state index is 0.266. The maximum atomic E-state index is 11.0. The lowest BCUT2D eigenvalue weighted by molar-refractivity contribution is 0.171. The molecule has 2 rings (SSSR count). The summed E-state index contributed by atoms with van der Waals surface area (Å²) in [6.45, 7) is 0. The Morgan fingerprint density at radius 2 is 1.88 bits per heavy atom. The van der Waals surface area contributed by atoms with Crippen LogP contribution in [-0.4, -0.2) is 28.1 Å². The predicted octanol–water partition coefficient (Wildman–Crippen LogP) is -0.887. The smallest absolute Gasteiger partial charge is 0.299 e. The highest BCUT2D eigenvalue weighted by Gasteiger charge is 2.41. The van der Waals surface area contributed by atoms with Crippen molar-refractivity contribution in [3.63, 3.8) is 0 Å². The van der Waals surface area contributed by atoms with Gasteiger partial charge in [-0.05, 0) is 11.3 Å². The van der Waals surface area contributed by atoms with Crippen molar-refractivity contribution in [2.24, 2.45) is 0 Å². The van der Waals surface area contributed by atoms with Crippen LogP contribution < -0.4 is 10.4 Å². The molecule has 1 aromatic rings. The van der Waals surface area contributed by atoms with Crippen molar-refractivity contribution in [3.8, 4) is 0 Å². The van der Waals surface area contributed by atoms with Gasteiger partial charge in [0.2, 0.25) is 4.93 Å². The Balaban J connectivity index is 2.80. The second kappa shape index (κ2) is 3.31. The summed E-state index contributed by atoms with van der Waals surface area (Å²) < 4.78 is 30.9. The quantitative estimate of drug-likeness (QED) is 0.555. The lowest BCUT2D eigenvalue weighted by Gasteiger charge is -2.23. The highest BCUT2D eigenvalue weighted by molar-refractivity contribution is 7.87. The van der Waals surface area contributed by atoms with Gasteiger partial charge in [0.1, 0.15) is 5.76 Å². The molecule has 1 aliphatic rings. The molecule has 1 aliphatic carbocycles. The van der Waals surface area contributed by atoms with Crippen LogP contribution in [0.3, 0.4) is 0 Å². The number of benzene rings is 1. The third kappa shape index (κ3) is 1.60. The number of rotatable bonds is 1. The Labute approximate surface area is 91.7 Å². The third-order valence-electron chi connectivity index (χ3n) is 2.52. The topological polar surface area (TPSA) is 94.8 Å². The molecule has 1 aromatic carbocycles. The van der Waals surface area contributed by atoms with Crippen LogP contribution in [0.25, 0.3) is 11.8 Å². The first kappa shape index (κ1) is 11.1. The second-order valence-corrected chi connectivity index (χ2v) is 5.33. The molecule has 0 saturated carbocycles. The fraction of sp³-hybridized carbons (Fsp3) is 0.200. The van der Waals surface area contributed by atoms with Crippen molar-refractivity contribution < 1.29 is 23.2 Å². The monoisotopic (exact) mass is 242 g/mol. The molecular formula is C10H10O5S. The SMILES string of the molecule is O=S(=O)(O)C1(O)C=c2ccccc2=C(O)C1. The molecule has 1 unspecified atom stereocenters. The standard InChI is InChI=1S/C10H10O5S/c11-9-6-10(12,16(13,14)15)5-7-3-1-2-4-8(7)9/h1-5,11-12H,6H2,(H,13,14,15). The van der Waals surface area contributed by atoms with Gasteiger partial charge < -0.3 is 10.2 Å². The Bertz CT molecular complexity index is 646. The van der Waals surface area contributed by atoms with Crippen molar-refractivity contribution in [2.75, 3.05) is 0 Å². The highest BCUT2D eigenvalue weighted by atomic mass is 32.2. The summed E-state index contributed by atoms with van der Waals surface area (Å²) in [5.74, 6) is -0.266. The van der Waals surface area contributed by atoms with Gasteiger partial charge in [-0.25, -0.2) is 0 Å². The van der Waals surface area contributed by atoms with Crippen LogP contribution in [0, 0.1) is 0 Å². The average Bonchev–Trinajstić information content (AvgIpc) is 2.15. The van der Waals surface area contributed by atoms with Crippen LogP contribution in [0.2, 0.25) is 0 Å². The third-order valence-corrected chi connectivity index (χ3v) is 3.68. The van der Waals surface area contributed by atoms with E-state index in [1.807, 2.05) is 0 Å². The number of aliphatic hydroxyl groups is 2. The Hall–Kier alpha value is -1.37. The van der Waals surface area contributed by atoms with Crippen molar-refractivity contribution in [2.45, 2.75) is 11.4 Å². The molecule has 0 aliphatic heterocycles. The number of aliphatic hydroxyl groups excluding tert-OH is 1. The first-order valence-corrected chi connectivity index (χ1v) is 5.97. The highest BCUT2D eigenvalue weighted by Crippen LogP contribution is 2.24. The first-order chi connectivity index (χ1) is 7.33. The second-order valence-electron chi connectivity index (χ2n) is 3.67. The van der Waals surface area contributed by atoms with Gasteiger partial charge in [0.05, 0.1) is 6.42 Å². The Morgan fingerprint density at radius 1 is 1.25 bits per heavy atom. The number of hydrogen-bond acceptors (Lipinski definition) is 4. The summed E-state index contributed by atoms with van der Waals surface area (Å²) in [6, 6.07) is 6.46. The van der Waals surface area contributed by atoms with Crippen molar-refractivity contribution in [1.82, 2.24) is 0 Å². The largest absolute Gasteiger partial charge is 0.512 e. The summed E-state index contributed by atoms with van der Waals surface area (Å²) in [6.07, 6.45) is 0.472.